The van der Waals surface area contributed by atoms with Gasteiger partial charge in [0.15, 0.2) is 0 Å². The molecule has 2 aliphatic rings. The van der Waals surface area contributed by atoms with Crippen molar-refractivity contribution >= 4 is 0 Å². The Labute approximate surface area is 168 Å². The molecule has 1 aliphatic carbocycles. The summed E-state index contributed by atoms with van der Waals surface area (Å²) in [6.07, 6.45) is 10.0. The maximum atomic E-state index is 12.2. The normalized spacial score (nSPS) is 19.4. The minimum Gasteiger partial charge on any atom is -0.490 e. The molecule has 0 bridgehead atoms. The molecule has 2 heterocycles. The molecule has 0 spiro atoms. The molecular formula is C24H32N2O2. The molecule has 4 nitrogen and oxygen atoms in total. The van der Waals surface area contributed by atoms with E-state index in [9.17, 15) is 4.79 Å². The zero-order valence-electron chi connectivity index (χ0n) is 17.1. The zero-order valence-corrected chi connectivity index (χ0v) is 17.1. The van der Waals surface area contributed by atoms with Gasteiger partial charge in [-0.15, -0.1) is 0 Å². The lowest BCUT2D eigenvalue weighted by molar-refractivity contribution is 0.0768. The minimum absolute atomic E-state index is 0.0434. The van der Waals surface area contributed by atoms with Crippen LogP contribution in [-0.2, 0) is 0 Å². The molecular weight excluding hydrogens is 348 g/mol. The first-order chi connectivity index (χ1) is 13.6. The van der Waals surface area contributed by atoms with Crippen LogP contribution >= 0.6 is 0 Å². The summed E-state index contributed by atoms with van der Waals surface area (Å²) in [5.74, 6) is 0.929. The van der Waals surface area contributed by atoms with Gasteiger partial charge in [-0.2, -0.15) is 0 Å². The molecule has 1 aromatic carbocycles. The van der Waals surface area contributed by atoms with Crippen LogP contribution in [0.4, 0.5) is 0 Å². The molecule has 4 rings (SSSR count). The molecule has 1 aliphatic heterocycles. The fraction of sp³-hybridized carbons (Fsp3) is 0.542. The molecule has 1 saturated carbocycles. The van der Waals surface area contributed by atoms with Crippen LogP contribution < -0.4 is 10.3 Å². The number of ether oxygens (including phenoxy) is 1. The average molecular weight is 381 g/mol. The molecule has 0 N–H and O–H groups in total. The highest BCUT2D eigenvalue weighted by atomic mass is 16.5. The smallest absolute Gasteiger partial charge is 0.251 e. The van der Waals surface area contributed by atoms with Gasteiger partial charge in [-0.05, 0) is 68.9 Å². The van der Waals surface area contributed by atoms with Crippen molar-refractivity contribution in [3.05, 3.63) is 52.9 Å². The Morgan fingerprint density at radius 1 is 0.929 bits per heavy atom. The summed E-state index contributed by atoms with van der Waals surface area (Å²) in [4.78, 5) is 14.9. The molecule has 2 aromatic rings. The summed E-state index contributed by atoms with van der Waals surface area (Å²) in [6.45, 7) is 6.37. The number of hydrogen-bond acceptors (Lipinski definition) is 3. The van der Waals surface area contributed by atoms with E-state index >= 15 is 0 Å². The standard InChI is InChI=1S/C24H32N2O2/c1-18(2)26-16-11-20(17-24(26)27)19-7-9-22(10-8-19)28-23-12-14-25(15-13-23)21-5-3-4-6-21/h7-11,16-18,21,23H,3-6,12-15H2,1-2H3. The molecule has 28 heavy (non-hydrogen) atoms. The fourth-order valence-corrected chi connectivity index (χ4v) is 4.64. The molecule has 4 heteroatoms. The van der Waals surface area contributed by atoms with Crippen LogP contribution in [0.2, 0.25) is 0 Å². The van der Waals surface area contributed by atoms with Gasteiger partial charge in [0.2, 0.25) is 0 Å². The number of rotatable bonds is 5. The summed E-state index contributed by atoms with van der Waals surface area (Å²) < 4.78 is 7.99. The summed E-state index contributed by atoms with van der Waals surface area (Å²) >= 11 is 0. The molecule has 0 unspecified atom stereocenters. The topological polar surface area (TPSA) is 34.5 Å². The zero-order chi connectivity index (χ0) is 19.5. The van der Waals surface area contributed by atoms with E-state index in [1.54, 1.807) is 10.6 Å². The Morgan fingerprint density at radius 2 is 1.61 bits per heavy atom. The number of aromatic nitrogens is 1. The van der Waals surface area contributed by atoms with Crippen molar-refractivity contribution in [3.63, 3.8) is 0 Å². The highest BCUT2D eigenvalue weighted by Gasteiger charge is 2.27. The number of hydrogen-bond donors (Lipinski definition) is 0. The van der Waals surface area contributed by atoms with Gasteiger partial charge in [-0.1, -0.05) is 25.0 Å². The third-order valence-corrected chi connectivity index (χ3v) is 6.31. The predicted octanol–water partition coefficient (Wildman–Crippen LogP) is 4.88. The first kappa shape index (κ1) is 19.3. The second-order valence-electron chi connectivity index (χ2n) is 8.57. The summed E-state index contributed by atoms with van der Waals surface area (Å²) in [5, 5.41) is 0. The molecule has 2 fully saturated rings. The van der Waals surface area contributed by atoms with E-state index in [1.807, 2.05) is 38.2 Å². The Hall–Kier alpha value is -2.07. The van der Waals surface area contributed by atoms with Crippen LogP contribution in [0, 0.1) is 0 Å². The van der Waals surface area contributed by atoms with Crippen molar-refractivity contribution in [2.75, 3.05) is 13.1 Å². The van der Waals surface area contributed by atoms with Crippen molar-refractivity contribution in [2.24, 2.45) is 0 Å². The quantitative estimate of drug-likeness (QED) is 0.741. The third-order valence-electron chi connectivity index (χ3n) is 6.31. The van der Waals surface area contributed by atoms with E-state index in [4.69, 9.17) is 4.74 Å². The lowest BCUT2D eigenvalue weighted by atomic mass is 10.0. The summed E-state index contributed by atoms with van der Waals surface area (Å²) in [5.41, 5.74) is 2.05. The number of pyridine rings is 1. The van der Waals surface area contributed by atoms with Gasteiger partial charge in [0, 0.05) is 37.4 Å². The van der Waals surface area contributed by atoms with Crippen molar-refractivity contribution < 1.29 is 4.74 Å². The van der Waals surface area contributed by atoms with Crippen LogP contribution in [-0.4, -0.2) is 34.7 Å². The molecule has 1 saturated heterocycles. The van der Waals surface area contributed by atoms with Crippen molar-refractivity contribution in [1.29, 1.82) is 0 Å². The first-order valence-corrected chi connectivity index (χ1v) is 10.8. The summed E-state index contributed by atoms with van der Waals surface area (Å²) in [7, 11) is 0. The van der Waals surface area contributed by atoms with Crippen LogP contribution in [0.5, 0.6) is 5.75 Å². The van der Waals surface area contributed by atoms with E-state index in [0.717, 1.165) is 35.8 Å². The largest absolute Gasteiger partial charge is 0.490 e. The van der Waals surface area contributed by atoms with Gasteiger partial charge >= 0.3 is 0 Å². The first-order valence-electron chi connectivity index (χ1n) is 10.8. The second-order valence-corrected chi connectivity index (χ2v) is 8.57. The minimum atomic E-state index is 0.0434. The highest BCUT2D eigenvalue weighted by molar-refractivity contribution is 5.63. The van der Waals surface area contributed by atoms with Crippen molar-refractivity contribution in [2.45, 2.75) is 70.6 Å². The van der Waals surface area contributed by atoms with E-state index < -0.39 is 0 Å². The van der Waals surface area contributed by atoms with Crippen LogP contribution in [0.25, 0.3) is 11.1 Å². The van der Waals surface area contributed by atoms with Crippen molar-refractivity contribution in [1.82, 2.24) is 9.47 Å². The Balaban J connectivity index is 1.35. The van der Waals surface area contributed by atoms with E-state index in [0.29, 0.717) is 6.10 Å². The number of likely N-dealkylation sites (tertiary alicyclic amines) is 1. The SMILES string of the molecule is CC(C)n1ccc(-c2ccc(OC3CCN(C4CCCC4)CC3)cc2)cc1=O. The number of piperidine rings is 1. The maximum absolute atomic E-state index is 12.2. The average Bonchev–Trinajstić information content (AvgIpc) is 3.24. The monoisotopic (exact) mass is 380 g/mol. The van der Waals surface area contributed by atoms with Crippen molar-refractivity contribution in [3.8, 4) is 16.9 Å². The lowest BCUT2D eigenvalue weighted by Crippen LogP contribution is -2.43. The van der Waals surface area contributed by atoms with Crippen LogP contribution in [0.1, 0.15) is 58.4 Å². The molecule has 1 aromatic heterocycles. The Bertz CT molecular complexity index is 826. The third kappa shape index (κ3) is 4.33. The van der Waals surface area contributed by atoms with Gasteiger partial charge in [0.05, 0.1) is 0 Å². The van der Waals surface area contributed by atoms with E-state index in [2.05, 4.69) is 17.0 Å². The molecule has 150 valence electrons. The van der Waals surface area contributed by atoms with E-state index in [-0.39, 0.29) is 11.6 Å². The lowest BCUT2D eigenvalue weighted by Gasteiger charge is -2.36. The Morgan fingerprint density at radius 3 is 2.21 bits per heavy atom. The van der Waals surface area contributed by atoms with Gasteiger partial charge in [-0.25, -0.2) is 0 Å². The summed E-state index contributed by atoms with van der Waals surface area (Å²) in [6, 6.07) is 12.9. The van der Waals surface area contributed by atoms with Crippen LogP contribution in [0.15, 0.2) is 47.4 Å². The Kier molecular flexibility index (Phi) is 5.86. The van der Waals surface area contributed by atoms with Gasteiger partial charge < -0.3 is 14.2 Å². The molecule has 0 amide bonds. The van der Waals surface area contributed by atoms with E-state index in [1.165, 1.54) is 38.8 Å². The molecule has 0 radical (unpaired) electrons. The number of benzene rings is 1. The van der Waals surface area contributed by atoms with Gasteiger partial charge in [0.1, 0.15) is 11.9 Å². The van der Waals surface area contributed by atoms with Gasteiger partial charge in [-0.3, -0.25) is 4.79 Å². The maximum Gasteiger partial charge on any atom is 0.251 e. The molecule has 0 atom stereocenters. The fourth-order valence-electron chi connectivity index (χ4n) is 4.64. The second kappa shape index (κ2) is 8.52. The number of nitrogens with zero attached hydrogens (tertiary/aromatic N) is 2. The van der Waals surface area contributed by atoms with Gasteiger partial charge in [0.25, 0.3) is 5.56 Å². The predicted molar refractivity (Wildman–Crippen MR) is 114 cm³/mol. The highest BCUT2D eigenvalue weighted by Crippen LogP contribution is 2.28. The van der Waals surface area contributed by atoms with Crippen LogP contribution in [0.3, 0.4) is 0 Å².